The molecule has 2 heterocycles. The standard InChI is InChI=1S/C18H30N2O3/c1-7-19(8-2)10-14-9-15(13(3)23-14)16(21)20-11-17(4,5)18(6,22)12-20/h9,22H,7-8,10-12H2,1-6H3/t18-/m1/s1. The maximum Gasteiger partial charge on any atom is 0.257 e. The zero-order valence-corrected chi connectivity index (χ0v) is 15.3. The van der Waals surface area contributed by atoms with Gasteiger partial charge >= 0.3 is 0 Å². The number of nitrogens with zero attached hydrogens (tertiary/aromatic N) is 2. The lowest BCUT2D eigenvalue weighted by atomic mass is 9.79. The number of likely N-dealkylation sites (tertiary alicyclic amines) is 1. The second-order valence-electron chi connectivity index (χ2n) is 7.46. The van der Waals surface area contributed by atoms with Crippen molar-refractivity contribution in [2.45, 2.75) is 53.7 Å². The van der Waals surface area contributed by atoms with Gasteiger partial charge in [-0.25, -0.2) is 0 Å². The van der Waals surface area contributed by atoms with Crippen molar-refractivity contribution in [1.29, 1.82) is 0 Å². The molecule has 5 nitrogen and oxygen atoms in total. The highest BCUT2D eigenvalue weighted by Crippen LogP contribution is 2.39. The summed E-state index contributed by atoms with van der Waals surface area (Å²) in [5.74, 6) is 1.42. The Kier molecular flexibility index (Phi) is 4.92. The number of furan rings is 1. The topological polar surface area (TPSA) is 56.9 Å². The van der Waals surface area contributed by atoms with Crippen molar-refractivity contribution >= 4 is 5.91 Å². The third-order valence-electron chi connectivity index (χ3n) is 5.30. The minimum Gasteiger partial charge on any atom is -0.464 e. The number of carbonyl (C=O) groups is 1. The predicted octanol–water partition coefficient (Wildman–Crippen LogP) is 2.66. The third-order valence-corrected chi connectivity index (χ3v) is 5.30. The van der Waals surface area contributed by atoms with E-state index in [4.69, 9.17) is 4.42 Å². The predicted molar refractivity (Wildman–Crippen MR) is 90.4 cm³/mol. The van der Waals surface area contributed by atoms with Crippen molar-refractivity contribution in [2.24, 2.45) is 5.41 Å². The minimum absolute atomic E-state index is 0.0529. The average molecular weight is 322 g/mol. The highest BCUT2D eigenvalue weighted by Gasteiger charge is 2.49. The summed E-state index contributed by atoms with van der Waals surface area (Å²) in [6.07, 6.45) is 0. The molecule has 0 aliphatic carbocycles. The summed E-state index contributed by atoms with van der Waals surface area (Å²) in [4.78, 5) is 16.8. The van der Waals surface area contributed by atoms with E-state index in [1.54, 1.807) is 11.8 Å². The molecule has 1 aliphatic rings. The summed E-state index contributed by atoms with van der Waals surface area (Å²) in [7, 11) is 0. The molecular weight excluding hydrogens is 292 g/mol. The molecule has 130 valence electrons. The molecule has 0 aromatic carbocycles. The first-order valence-electron chi connectivity index (χ1n) is 8.44. The van der Waals surface area contributed by atoms with Crippen LogP contribution in [0.2, 0.25) is 0 Å². The Bertz CT molecular complexity index is 555. The normalized spacial score (nSPS) is 23.7. The number of rotatable bonds is 5. The van der Waals surface area contributed by atoms with Gasteiger partial charge in [0.05, 0.1) is 24.3 Å². The molecular formula is C18H30N2O3. The molecule has 1 atom stereocenters. The molecule has 1 amide bonds. The van der Waals surface area contributed by atoms with Gasteiger partial charge in [-0.3, -0.25) is 9.69 Å². The van der Waals surface area contributed by atoms with E-state index in [9.17, 15) is 9.90 Å². The van der Waals surface area contributed by atoms with Crippen LogP contribution in [0, 0.1) is 12.3 Å². The summed E-state index contributed by atoms with van der Waals surface area (Å²) in [5.41, 5.74) is -0.574. The van der Waals surface area contributed by atoms with Crippen molar-refractivity contribution < 1.29 is 14.3 Å². The molecule has 23 heavy (non-hydrogen) atoms. The van der Waals surface area contributed by atoms with Crippen LogP contribution < -0.4 is 0 Å². The van der Waals surface area contributed by atoms with Crippen molar-refractivity contribution in [3.8, 4) is 0 Å². The molecule has 1 aromatic rings. The number of aryl methyl sites for hydroxylation is 1. The summed E-state index contributed by atoms with van der Waals surface area (Å²) < 4.78 is 5.78. The smallest absolute Gasteiger partial charge is 0.257 e. The van der Waals surface area contributed by atoms with Gasteiger partial charge in [0.1, 0.15) is 11.5 Å². The molecule has 1 N–H and O–H groups in total. The van der Waals surface area contributed by atoms with E-state index in [1.165, 1.54) is 0 Å². The Morgan fingerprint density at radius 3 is 2.39 bits per heavy atom. The second kappa shape index (κ2) is 6.29. The monoisotopic (exact) mass is 322 g/mol. The Labute approximate surface area is 139 Å². The van der Waals surface area contributed by atoms with Gasteiger partial charge in [-0.15, -0.1) is 0 Å². The van der Waals surface area contributed by atoms with E-state index in [2.05, 4.69) is 18.7 Å². The fourth-order valence-electron chi connectivity index (χ4n) is 3.10. The molecule has 0 saturated carbocycles. The molecule has 2 rings (SSSR count). The highest BCUT2D eigenvalue weighted by molar-refractivity contribution is 5.95. The Hall–Kier alpha value is -1.33. The molecule has 1 aliphatic heterocycles. The second-order valence-corrected chi connectivity index (χ2v) is 7.46. The zero-order chi connectivity index (χ0) is 17.4. The number of hydrogen-bond donors (Lipinski definition) is 1. The van der Waals surface area contributed by atoms with E-state index in [0.29, 0.717) is 31.0 Å². The molecule has 1 fully saturated rings. The average Bonchev–Trinajstić information content (AvgIpc) is 2.92. The van der Waals surface area contributed by atoms with Crippen LogP contribution in [0.3, 0.4) is 0 Å². The largest absolute Gasteiger partial charge is 0.464 e. The fourth-order valence-corrected chi connectivity index (χ4v) is 3.10. The number of carbonyl (C=O) groups excluding carboxylic acids is 1. The van der Waals surface area contributed by atoms with Crippen LogP contribution >= 0.6 is 0 Å². The molecule has 0 spiro atoms. The quantitative estimate of drug-likeness (QED) is 0.905. The van der Waals surface area contributed by atoms with E-state index >= 15 is 0 Å². The maximum atomic E-state index is 12.8. The first-order chi connectivity index (χ1) is 10.6. The molecule has 0 unspecified atom stereocenters. The van der Waals surface area contributed by atoms with Crippen molar-refractivity contribution in [3.05, 3.63) is 23.2 Å². The van der Waals surface area contributed by atoms with Crippen LogP contribution in [0.15, 0.2) is 10.5 Å². The van der Waals surface area contributed by atoms with Gasteiger partial charge in [0.2, 0.25) is 0 Å². The van der Waals surface area contributed by atoms with Crippen LogP contribution in [0.5, 0.6) is 0 Å². The maximum absolute atomic E-state index is 12.8. The van der Waals surface area contributed by atoms with Crippen LogP contribution in [0.4, 0.5) is 0 Å². The first kappa shape index (κ1) is 18.0. The van der Waals surface area contributed by atoms with Gasteiger partial charge in [-0.05, 0) is 33.0 Å². The van der Waals surface area contributed by atoms with Gasteiger partial charge in [0.15, 0.2) is 0 Å². The van der Waals surface area contributed by atoms with Crippen LogP contribution in [-0.4, -0.2) is 52.6 Å². The lowest BCUT2D eigenvalue weighted by Crippen LogP contribution is -2.40. The lowest BCUT2D eigenvalue weighted by Gasteiger charge is -2.30. The zero-order valence-electron chi connectivity index (χ0n) is 15.3. The van der Waals surface area contributed by atoms with Crippen molar-refractivity contribution in [1.82, 2.24) is 9.80 Å². The molecule has 1 aromatic heterocycles. The summed E-state index contributed by atoms with van der Waals surface area (Å²) in [6, 6.07) is 1.86. The van der Waals surface area contributed by atoms with Crippen LogP contribution in [0.25, 0.3) is 0 Å². The van der Waals surface area contributed by atoms with Crippen molar-refractivity contribution in [2.75, 3.05) is 26.2 Å². The van der Waals surface area contributed by atoms with Crippen molar-refractivity contribution in [3.63, 3.8) is 0 Å². The van der Waals surface area contributed by atoms with Gasteiger partial charge in [-0.2, -0.15) is 0 Å². The minimum atomic E-state index is -0.871. The van der Waals surface area contributed by atoms with E-state index in [0.717, 1.165) is 18.8 Å². The number of aliphatic hydroxyl groups is 1. The first-order valence-corrected chi connectivity index (χ1v) is 8.44. The number of β-amino-alcohol motifs (C(OH)–C–C–N with tert-alkyl or cyclic N) is 1. The molecule has 0 radical (unpaired) electrons. The van der Waals surface area contributed by atoms with Gasteiger partial charge in [0.25, 0.3) is 5.91 Å². The van der Waals surface area contributed by atoms with E-state index in [-0.39, 0.29) is 11.3 Å². The SMILES string of the molecule is CCN(CC)Cc1cc(C(=O)N2CC(C)(C)[C@](C)(O)C2)c(C)o1. The summed E-state index contributed by atoms with van der Waals surface area (Å²) in [6.45, 7) is 15.4. The molecule has 0 bridgehead atoms. The third kappa shape index (κ3) is 3.45. The Morgan fingerprint density at radius 1 is 1.30 bits per heavy atom. The van der Waals surface area contributed by atoms with Gasteiger partial charge in [0, 0.05) is 12.0 Å². The molecule has 5 heteroatoms. The van der Waals surface area contributed by atoms with Gasteiger partial charge < -0.3 is 14.4 Å². The van der Waals surface area contributed by atoms with E-state index < -0.39 is 5.60 Å². The fraction of sp³-hybridized carbons (Fsp3) is 0.722. The summed E-state index contributed by atoms with van der Waals surface area (Å²) >= 11 is 0. The number of hydrogen-bond acceptors (Lipinski definition) is 4. The Balaban J connectivity index is 2.16. The van der Waals surface area contributed by atoms with Crippen LogP contribution in [-0.2, 0) is 6.54 Å². The van der Waals surface area contributed by atoms with E-state index in [1.807, 2.05) is 26.8 Å². The Morgan fingerprint density at radius 2 is 1.91 bits per heavy atom. The van der Waals surface area contributed by atoms with Gasteiger partial charge in [-0.1, -0.05) is 27.7 Å². The summed E-state index contributed by atoms with van der Waals surface area (Å²) in [5, 5.41) is 10.5. The number of amides is 1. The lowest BCUT2D eigenvalue weighted by molar-refractivity contribution is -0.0108. The van der Waals surface area contributed by atoms with Crippen LogP contribution in [0.1, 0.15) is 56.5 Å². The molecule has 1 saturated heterocycles. The highest BCUT2D eigenvalue weighted by atomic mass is 16.3.